The van der Waals surface area contributed by atoms with Gasteiger partial charge in [-0.3, -0.25) is 14.9 Å². The number of ether oxygens (including phenoxy) is 1. The number of nitrogens with zero attached hydrogens (tertiary/aromatic N) is 2. The Hall–Kier alpha value is -3.48. The van der Waals surface area contributed by atoms with E-state index in [0.29, 0.717) is 6.54 Å². The van der Waals surface area contributed by atoms with Crippen molar-refractivity contribution in [3.8, 4) is 0 Å². The molecule has 0 aliphatic rings. The molecular formula is C22H24N2O5. The van der Waals surface area contributed by atoms with Crippen LogP contribution in [0.3, 0.4) is 0 Å². The first-order chi connectivity index (χ1) is 13.7. The van der Waals surface area contributed by atoms with E-state index >= 15 is 0 Å². The Morgan fingerprint density at radius 3 is 2.31 bits per heavy atom. The van der Waals surface area contributed by atoms with E-state index < -0.39 is 23.0 Å². The molecule has 0 bridgehead atoms. The summed E-state index contributed by atoms with van der Waals surface area (Å²) in [6, 6.07) is 15.6. The van der Waals surface area contributed by atoms with Crippen LogP contribution in [-0.4, -0.2) is 33.8 Å². The Balaban J connectivity index is 2.00. The van der Waals surface area contributed by atoms with Gasteiger partial charge in [0.25, 0.3) is 11.6 Å². The maximum Gasteiger partial charge on any atom is 0.331 e. The van der Waals surface area contributed by atoms with Crippen LogP contribution in [0.5, 0.6) is 0 Å². The first-order valence-electron chi connectivity index (χ1n) is 9.11. The van der Waals surface area contributed by atoms with E-state index in [1.54, 1.807) is 17.0 Å². The van der Waals surface area contributed by atoms with Crippen LogP contribution in [0.15, 0.2) is 60.7 Å². The van der Waals surface area contributed by atoms with Crippen molar-refractivity contribution in [1.82, 2.24) is 4.90 Å². The third kappa shape index (κ3) is 6.57. The van der Waals surface area contributed by atoms with E-state index in [9.17, 15) is 19.7 Å². The molecule has 0 saturated heterocycles. The molecule has 2 aromatic carbocycles. The zero-order chi connectivity index (χ0) is 21.4. The molecule has 0 heterocycles. The zero-order valence-electron chi connectivity index (χ0n) is 16.7. The predicted octanol–water partition coefficient (Wildman–Crippen LogP) is 3.98. The Labute approximate surface area is 169 Å². The van der Waals surface area contributed by atoms with Crippen LogP contribution in [0.4, 0.5) is 5.69 Å². The molecule has 0 N–H and O–H groups in total. The predicted molar refractivity (Wildman–Crippen MR) is 110 cm³/mol. The lowest BCUT2D eigenvalue weighted by atomic mass is 10.0. The fraction of sp³-hybridized carbons (Fsp3) is 0.273. The number of rotatable bonds is 7. The van der Waals surface area contributed by atoms with Gasteiger partial charge in [-0.1, -0.05) is 42.5 Å². The summed E-state index contributed by atoms with van der Waals surface area (Å²) in [6.45, 7) is 5.70. The molecule has 0 unspecified atom stereocenters. The van der Waals surface area contributed by atoms with E-state index in [1.807, 2.05) is 51.1 Å². The molecule has 0 fully saturated rings. The average molecular weight is 396 g/mol. The lowest BCUT2D eigenvalue weighted by molar-refractivity contribution is -0.385. The van der Waals surface area contributed by atoms with Crippen molar-refractivity contribution >= 4 is 23.6 Å². The number of esters is 1. The second-order valence-corrected chi connectivity index (χ2v) is 7.39. The highest BCUT2D eigenvalue weighted by Crippen LogP contribution is 2.19. The van der Waals surface area contributed by atoms with Gasteiger partial charge >= 0.3 is 5.97 Å². The first kappa shape index (κ1) is 21.8. The minimum absolute atomic E-state index is 0.116. The number of amides is 1. The molecule has 0 aromatic heterocycles. The van der Waals surface area contributed by atoms with E-state index in [1.165, 1.54) is 18.2 Å². The van der Waals surface area contributed by atoms with Crippen LogP contribution in [0.2, 0.25) is 0 Å². The number of benzene rings is 2. The van der Waals surface area contributed by atoms with Crippen molar-refractivity contribution in [3.05, 3.63) is 81.9 Å². The summed E-state index contributed by atoms with van der Waals surface area (Å²) in [5.74, 6) is -1.07. The first-order valence-corrected chi connectivity index (χ1v) is 9.11. The van der Waals surface area contributed by atoms with Gasteiger partial charge in [-0.25, -0.2) is 4.79 Å². The minimum Gasteiger partial charge on any atom is -0.452 e. The van der Waals surface area contributed by atoms with Crippen LogP contribution in [0, 0.1) is 10.1 Å². The molecule has 0 aliphatic heterocycles. The van der Waals surface area contributed by atoms with Crippen LogP contribution in [0.25, 0.3) is 6.08 Å². The summed E-state index contributed by atoms with van der Waals surface area (Å²) in [5, 5.41) is 11.0. The highest BCUT2D eigenvalue weighted by atomic mass is 16.6. The average Bonchev–Trinajstić information content (AvgIpc) is 2.68. The number of nitro groups is 1. The highest BCUT2D eigenvalue weighted by Gasteiger charge is 2.27. The van der Waals surface area contributed by atoms with Gasteiger partial charge in [0, 0.05) is 24.2 Å². The molecule has 7 nitrogen and oxygen atoms in total. The second kappa shape index (κ2) is 9.64. The molecular weight excluding hydrogens is 372 g/mol. The minimum atomic E-state index is -0.745. The van der Waals surface area contributed by atoms with Crippen molar-refractivity contribution in [2.24, 2.45) is 0 Å². The third-order valence-corrected chi connectivity index (χ3v) is 4.16. The standard InChI is InChI=1S/C22H24N2O5/c1-22(2,3)23(15-17-9-5-4-6-10-17)20(25)16-29-21(26)14-13-18-11-7-8-12-19(18)24(27)28/h4-14H,15-16H2,1-3H3. The highest BCUT2D eigenvalue weighted by molar-refractivity contribution is 5.90. The SMILES string of the molecule is CC(C)(C)N(Cc1ccccc1)C(=O)COC(=O)C=Cc1ccccc1[N+](=O)[O-]. The molecule has 0 radical (unpaired) electrons. The maximum atomic E-state index is 12.7. The lowest BCUT2D eigenvalue weighted by Gasteiger charge is -2.35. The van der Waals surface area contributed by atoms with Crippen molar-refractivity contribution in [2.75, 3.05) is 6.61 Å². The molecule has 0 spiro atoms. The molecule has 152 valence electrons. The van der Waals surface area contributed by atoms with E-state index in [2.05, 4.69) is 0 Å². The van der Waals surface area contributed by atoms with Crippen molar-refractivity contribution in [3.63, 3.8) is 0 Å². The monoisotopic (exact) mass is 396 g/mol. The van der Waals surface area contributed by atoms with Crippen LogP contribution < -0.4 is 0 Å². The van der Waals surface area contributed by atoms with Crippen molar-refractivity contribution in [2.45, 2.75) is 32.9 Å². The van der Waals surface area contributed by atoms with Crippen molar-refractivity contribution < 1.29 is 19.2 Å². The molecule has 29 heavy (non-hydrogen) atoms. The van der Waals surface area contributed by atoms with Gasteiger partial charge in [0.05, 0.1) is 10.5 Å². The van der Waals surface area contributed by atoms with Crippen molar-refractivity contribution in [1.29, 1.82) is 0 Å². The third-order valence-electron chi connectivity index (χ3n) is 4.16. The number of carbonyl (C=O) groups is 2. The van der Waals surface area contributed by atoms with Crippen LogP contribution in [-0.2, 0) is 20.9 Å². The molecule has 2 rings (SSSR count). The normalized spacial score (nSPS) is 11.3. The van der Waals surface area contributed by atoms with Crippen LogP contribution >= 0.6 is 0 Å². The molecule has 1 amide bonds. The van der Waals surface area contributed by atoms with Gasteiger partial charge in [0.2, 0.25) is 0 Å². The molecule has 7 heteroatoms. The summed E-state index contributed by atoms with van der Waals surface area (Å²) in [7, 11) is 0. The van der Waals surface area contributed by atoms with Gasteiger partial charge < -0.3 is 9.64 Å². The van der Waals surface area contributed by atoms with E-state index in [4.69, 9.17) is 4.74 Å². The Kier molecular flexibility index (Phi) is 7.25. The van der Waals surface area contributed by atoms with E-state index in [0.717, 1.165) is 11.6 Å². The van der Waals surface area contributed by atoms with E-state index in [-0.39, 0.29) is 17.2 Å². The summed E-state index contributed by atoms with van der Waals surface area (Å²) in [6.07, 6.45) is 2.38. The van der Waals surface area contributed by atoms with Crippen LogP contribution in [0.1, 0.15) is 31.9 Å². The fourth-order valence-corrected chi connectivity index (χ4v) is 2.68. The van der Waals surface area contributed by atoms with Gasteiger partial charge in [-0.05, 0) is 38.5 Å². The summed E-state index contributed by atoms with van der Waals surface area (Å²) in [4.78, 5) is 36.8. The molecule has 0 aliphatic carbocycles. The number of carbonyl (C=O) groups excluding carboxylic acids is 2. The summed E-state index contributed by atoms with van der Waals surface area (Å²) >= 11 is 0. The number of nitro benzene ring substituents is 1. The maximum absolute atomic E-state index is 12.7. The quantitative estimate of drug-likeness (QED) is 0.306. The summed E-state index contributed by atoms with van der Waals surface area (Å²) in [5.41, 5.74) is 0.675. The Bertz CT molecular complexity index is 901. The number of hydrogen-bond donors (Lipinski definition) is 0. The topological polar surface area (TPSA) is 89.8 Å². The summed E-state index contributed by atoms with van der Waals surface area (Å²) < 4.78 is 5.05. The number of hydrogen-bond acceptors (Lipinski definition) is 5. The smallest absolute Gasteiger partial charge is 0.331 e. The van der Waals surface area contributed by atoms with Gasteiger partial charge in [0.1, 0.15) is 0 Å². The second-order valence-electron chi connectivity index (χ2n) is 7.39. The largest absolute Gasteiger partial charge is 0.452 e. The fourth-order valence-electron chi connectivity index (χ4n) is 2.68. The van der Waals surface area contributed by atoms with Gasteiger partial charge in [-0.2, -0.15) is 0 Å². The zero-order valence-corrected chi connectivity index (χ0v) is 16.7. The molecule has 0 atom stereocenters. The van der Waals surface area contributed by atoms with Gasteiger partial charge in [0.15, 0.2) is 6.61 Å². The number of para-hydroxylation sites is 1. The Morgan fingerprint density at radius 1 is 1.07 bits per heavy atom. The molecule has 0 saturated carbocycles. The lowest BCUT2D eigenvalue weighted by Crippen LogP contribution is -2.46. The molecule has 2 aromatic rings. The van der Waals surface area contributed by atoms with Gasteiger partial charge in [-0.15, -0.1) is 0 Å². The Morgan fingerprint density at radius 2 is 1.69 bits per heavy atom.